The molecule has 1 saturated heterocycles. The number of piperidine rings is 1. The zero-order valence-corrected chi connectivity index (χ0v) is 15.9. The van der Waals surface area contributed by atoms with Crippen LogP contribution in [0.2, 0.25) is 0 Å². The van der Waals surface area contributed by atoms with Gasteiger partial charge in [0.25, 0.3) is 5.91 Å². The molecule has 1 aromatic carbocycles. The minimum atomic E-state index is -0.0269. The van der Waals surface area contributed by atoms with Crippen molar-refractivity contribution in [1.29, 1.82) is 0 Å². The van der Waals surface area contributed by atoms with Crippen LogP contribution in [0.15, 0.2) is 47.1 Å². The SMILES string of the molecule is CC(C)n1c(CNC2CCCN(C(=O)c3ccco3)C2)nc2ccccc21. The number of hydrogen-bond donors (Lipinski definition) is 1. The Morgan fingerprint density at radius 3 is 2.93 bits per heavy atom. The van der Waals surface area contributed by atoms with Crippen molar-refractivity contribution in [3.8, 4) is 0 Å². The van der Waals surface area contributed by atoms with Crippen molar-refractivity contribution in [3.63, 3.8) is 0 Å². The van der Waals surface area contributed by atoms with Crippen LogP contribution in [0.4, 0.5) is 0 Å². The van der Waals surface area contributed by atoms with E-state index in [9.17, 15) is 4.79 Å². The van der Waals surface area contributed by atoms with Crippen molar-refractivity contribution in [1.82, 2.24) is 19.8 Å². The molecular weight excluding hydrogens is 340 g/mol. The van der Waals surface area contributed by atoms with E-state index in [2.05, 4.69) is 41.9 Å². The summed E-state index contributed by atoms with van der Waals surface area (Å²) in [5, 5.41) is 3.62. The number of imidazole rings is 1. The van der Waals surface area contributed by atoms with Crippen LogP contribution in [0.25, 0.3) is 11.0 Å². The van der Waals surface area contributed by atoms with Gasteiger partial charge in [0.2, 0.25) is 0 Å². The number of benzene rings is 1. The van der Waals surface area contributed by atoms with E-state index in [1.165, 1.54) is 5.52 Å². The Bertz CT molecular complexity index is 914. The summed E-state index contributed by atoms with van der Waals surface area (Å²) < 4.78 is 7.55. The molecule has 142 valence electrons. The minimum absolute atomic E-state index is 0.0269. The van der Waals surface area contributed by atoms with Gasteiger partial charge in [-0.1, -0.05) is 12.1 Å². The highest BCUT2D eigenvalue weighted by Gasteiger charge is 2.26. The summed E-state index contributed by atoms with van der Waals surface area (Å²) >= 11 is 0. The quantitative estimate of drug-likeness (QED) is 0.749. The van der Waals surface area contributed by atoms with Gasteiger partial charge in [-0.25, -0.2) is 4.98 Å². The molecule has 6 nitrogen and oxygen atoms in total. The number of carbonyl (C=O) groups excluding carboxylic acids is 1. The zero-order valence-electron chi connectivity index (χ0n) is 15.9. The van der Waals surface area contributed by atoms with Crippen molar-refractivity contribution in [2.45, 2.75) is 45.3 Å². The minimum Gasteiger partial charge on any atom is -0.459 e. The fourth-order valence-corrected chi connectivity index (χ4v) is 3.92. The van der Waals surface area contributed by atoms with E-state index >= 15 is 0 Å². The summed E-state index contributed by atoms with van der Waals surface area (Å²) in [6.45, 7) is 6.54. The molecule has 2 aromatic heterocycles. The first-order valence-corrected chi connectivity index (χ1v) is 9.65. The average molecular weight is 366 g/mol. The van der Waals surface area contributed by atoms with E-state index in [1.807, 2.05) is 11.0 Å². The van der Waals surface area contributed by atoms with Gasteiger partial charge in [0.15, 0.2) is 5.76 Å². The van der Waals surface area contributed by atoms with Crippen LogP contribution in [-0.2, 0) is 6.54 Å². The highest BCUT2D eigenvalue weighted by molar-refractivity contribution is 5.91. The number of nitrogens with zero attached hydrogens (tertiary/aromatic N) is 3. The van der Waals surface area contributed by atoms with Crippen LogP contribution < -0.4 is 5.32 Å². The van der Waals surface area contributed by atoms with Gasteiger partial charge in [-0.2, -0.15) is 0 Å². The number of furan rings is 1. The Kier molecular flexibility index (Phi) is 4.99. The number of rotatable bonds is 5. The molecule has 1 atom stereocenters. The summed E-state index contributed by atoms with van der Waals surface area (Å²) in [5.74, 6) is 1.43. The molecule has 1 amide bonds. The predicted octanol–water partition coefficient (Wildman–Crippen LogP) is 3.60. The Morgan fingerprint density at radius 2 is 2.15 bits per heavy atom. The fourth-order valence-electron chi connectivity index (χ4n) is 3.92. The topological polar surface area (TPSA) is 63.3 Å². The van der Waals surface area contributed by atoms with Crippen molar-refractivity contribution < 1.29 is 9.21 Å². The van der Waals surface area contributed by atoms with Crippen LogP contribution in [0.1, 0.15) is 49.1 Å². The molecule has 1 unspecified atom stereocenters. The van der Waals surface area contributed by atoms with Gasteiger partial charge in [-0.3, -0.25) is 4.79 Å². The first-order chi connectivity index (χ1) is 13.1. The number of likely N-dealkylation sites (tertiary alicyclic amines) is 1. The van der Waals surface area contributed by atoms with Gasteiger partial charge >= 0.3 is 0 Å². The maximum atomic E-state index is 12.5. The molecular formula is C21H26N4O2. The van der Waals surface area contributed by atoms with Gasteiger partial charge < -0.3 is 19.2 Å². The van der Waals surface area contributed by atoms with Gasteiger partial charge in [0.1, 0.15) is 5.82 Å². The molecule has 0 bridgehead atoms. The predicted molar refractivity (Wildman–Crippen MR) is 105 cm³/mol. The lowest BCUT2D eigenvalue weighted by Gasteiger charge is -2.32. The Labute approximate surface area is 159 Å². The van der Waals surface area contributed by atoms with Gasteiger partial charge in [0.05, 0.1) is 23.8 Å². The van der Waals surface area contributed by atoms with E-state index in [-0.39, 0.29) is 11.9 Å². The molecule has 1 N–H and O–H groups in total. The Balaban J connectivity index is 1.45. The Hall–Kier alpha value is -2.60. The average Bonchev–Trinajstić information content (AvgIpc) is 3.33. The second kappa shape index (κ2) is 7.56. The second-order valence-corrected chi connectivity index (χ2v) is 7.43. The van der Waals surface area contributed by atoms with Crippen LogP contribution in [0.5, 0.6) is 0 Å². The van der Waals surface area contributed by atoms with Crippen molar-refractivity contribution in [3.05, 3.63) is 54.2 Å². The van der Waals surface area contributed by atoms with Crippen LogP contribution >= 0.6 is 0 Å². The fraction of sp³-hybridized carbons (Fsp3) is 0.429. The van der Waals surface area contributed by atoms with E-state index in [0.717, 1.165) is 30.7 Å². The third-order valence-electron chi connectivity index (χ3n) is 5.17. The van der Waals surface area contributed by atoms with Crippen LogP contribution in [0, 0.1) is 0 Å². The standard InChI is InChI=1S/C21H26N4O2/c1-15(2)25-18-9-4-3-8-17(18)23-20(25)13-22-16-7-5-11-24(14-16)21(26)19-10-6-12-27-19/h3-4,6,8-10,12,15-16,22H,5,7,11,13-14H2,1-2H3. The largest absolute Gasteiger partial charge is 0.459 e. The number of aromatic nitrogens is 2. The summed E-state index contributed by atoms with van der Waals surface area (Å²) in [5.41, 5.74) is 2.20. The summed E-state index contributed by atoms with van der Waals surface area (Å²) in [6, 6.07) is 12.3. The third kappa shape index (κ3) is 3.62. The van der Waals surface area contributed by atoms with Crippen molar-refractivity contribution in [2.24, 2.45) is 0 Å². The van der Waals surface area contributed by atoms with E-state index < -0.39 is 0 Å². The molecule has 1 fully saturated rings. The van der Waals surface area contributed by atoms with Gasteiger partial charge in [-0.15, -0.1) is 0 Å². The lowest BCUT2D eigenvalue weighted by atomic mass is 10.1. The molecule has 4 rings (SSSR count). The molecule has 0 radical (unpaired) electrons. The first-order valence-electron chi connectivity index (χ1n) is 9.65. The molecule has 1 aliphatic heterocycles. The van der Waals surface area contributed by atoms with Crippen LogP contribution in [0.3, 0.4) is 0 Å². The highest BCUT2D eigenvalue weighted by Crippen LogP contribution is 2.21. The van der Waals surface area contributed by atoms with E-state index in [1.54, 1.807) is 18.4 Å². The maximum absolute atomic E-state index is 12.5. The third-order valence-corrected chi connectivity index (χ3v) is 5.17. The molecule has 6 heteroatoms. The van der Waals surface area contributed by atoms with Crippen molar-refractivity contribution in [2.75, 3.05) is 13.1 Å². The van der Waals surface area contributed by atoms with Gasteiger partial charge in [0, 0.05) is 25.2 Å². The van der Waals surface area contributed by atoms with Crippen molar-refractivity contribution >= 4 is 16.9 Å². The smallest absolute Gasteiger partial charge is 0.289 e. The molecule has 0 spiro atoms. The lowest BCUT2D eigenvalue weighted by Crippen LogP contribution is -2.47. The zero-order chi connectivity index (χ0) is 18.8. The molecule has 0 saturated carbocycles. The second-order valence-electron chi connectivity index (χ2n) is 7.43. The monoisotopic (exact) mass is 366 g/mol. The van der Waals surface area contributed by atoms with E-state index in [0.29, 0.717) is 24.9 Å². The molecule has 3 aromatic rings. The van der Waals surface area contributed by atoms with E-state index in [4.69, 9.17) is 9.40 Å². The number of hydrogen-bond acceptors (Lipinski definition) is 4. The highest BCUT2D eigenvalue weighted by atomic mass is 16.3. The normalized spacial score (nSPS) is 17.7. The van der Waals surface area contributed by atoms with Gasteiger partial charge in [-0.05, 0) is 51.0 Å². The number of nitrogens with one attached hydrogen (secondary N) is 1. The lowest BCUT2D eigenvalue weighted by molar-refractivity contribution is 0.0662. The molecule has 0 aliphatic carbocycles. The molecule has 1 aliphatic rings. The number of para-hydroxylation sites is 2. The maximum Gasteiger partial charge on any atom is 0.289 e. The van der Waals surface area contributed by atoms with Crippen LogP contribution in [-0.4, -0.2) is 39.5 Å². The molecule has 27 heavy (non-hydrogen) atoms. The first kappa shape index (κ1) is 17.8. The Morgan fingerprint density at radius 1 is 1.30 bits per heavy atom. The number of amides is 1. The number of carbonyl (C=O) groups is 1. The summed E-state index contributed by atoms with van der Waals surface area (Å²) in [7, 11) is 0. The number of fused-ring (bicyclic) bond motifs is 1. The summed E-state index contributed by atoms with van der Waals surface area (Å²) in [4.78, 5) is 19.2. The molecule has 3 heterocycles. The summed E-state index contributed by atoms with van der Waals surface area (Å²) in [6.07, 6.45) is 3.60.